The number of anilines is 1. The van der Waals surface area contributed by atoms with E-state index >= 15 is 0 Å². The molecule has 0 radical (unpaired) electrons. The summed E-state index contributed by atoms with van der Waals surface area (Å²) >= 11 is 1.44. The van der Waals surface area contributed by atoms with Crippen LogP contribution in [0.3, 0.4) is 0 Å². The van der Waals surface area contributed by atoms with Gasteiger partial charge in [0.05, 0.1) is 5.69 Å². The second-order valence-corrected chi connectivity index (χ2v) is 7.47. The van der Waals surface area contributed by atoms with Crippen molar-refractivity contribution in [3.63, 3.8) is 0 Å². The van der Waals surface area contributed by atoms with Crippen molar-refractivity contribution in [1.82, 2.24) is 9.88 Å². The van der Waals surface area contributed by atoms with Crippen LogP contribution in [0.15, 0.2) is 0 Å². The van der Waals surface area contributed by atoms with E-state index in [1.54, 1.807) is 0 Å². The van der Waals surface area contributed by atoms with Gasteiger partial charge in [-0.3, -0.25) is 4.79 Å². The van der Waals surface area contributed by atoms with Crippen LogP contribution >= 0.6 is 11.3 Å². The monoisotopic (exact) mass is 317 g/mol. The number of hydrogen-bond donors (Lipinski definition) is 1. The molecule has 1 atom stereocenters. The van der Waals surface area contributed by atoms with Crippen LogP contribution in [0.25, 0.3) is 10.2 Å². The molecule has 0 aromatic carbocycles. The lowest BCUT2D eigenvalue weighted by molar-refractivity contribution is 0.0689. The zero-order valence-corrected chi connectivity index (χ0v) is 14.5. The predicted octanol–water partition coefficient (Wildman–Crippen LogP) is 3.68. The van der Waals surface area contributed by atoms with Gasteiger partial charge in [-0.25, -0.2) is 4.98 Å². The number of amides is 1. The molecule has 0 aliphatic carbocycles. The van der Waals surface area contributed by atoms with E-state index in [1.807, 2.05) is 11.8 Å². The molecular formula is C17H23N3OS. The molecule has 5 heteroatoms. The highest BCUT2D eigenvalue weighted by atomic mass is 32.1. The summed E-state index contributed by atoms with van der Waals surface area (Å²) in [6.07, 6.45) is 2.28. The number of nitrogens with two attached hydrogens (primary N) is 1. The normalized spacial score (nSPS) is 18.9. The van der Waals surface area contributed by atoms with Gasteiger partial charge in [-0.2, -0.15) is 0 Å². The SMILES string of the molecule is Cc1nc2sc(C(=O)N3CCCC(C)C3)c(N)c2c(C)c1C. The molecule has 0 spiro atoms. The zero-order chi connectivity index (χ0) is 16.0. The maximum atomic E-state index is 12.8. The van der Waals surface area contributed by atoms with Crippen LogP contribution in [0.2, 0.25) is 0 Å². The van der Waals surface area contributed by atoms with Crippen LogP contribution in [0.4, 0.5) is 5.69 Å². The summed E-state index contributed by atoms with van der Waals surface area (Å²) in [6.45, 7) is 9.99. The van der Waals surface area contributed by atoms with E-state index in [9.17, 15) is 4.79 Å². The Labute approximate surface area is 135 Å². The first-order chi connectivity index (χ1) is 10.4. The van der Waals surface area contributed by atoms with E-state index in [1.165, 1.54) is 17.8 Å². The van der Waals surface area contributed by atoms with Crippen LogP contribution in [-0.4, -0.2) is 28.9 Å². The molecule has 118 valence electrons. The van der Waals surface area contributed by atoms with Crippen LogP contribution in [0, 0.1) is 26.7 Å². The van der Waals surface area contributed by atoms with Crippen molar-refractivity contribution in [3.05, 3.63) is 21.7 Å². The molecule has 1 unspecified atom stereocenters. The largest absolute Gasteiger partial charge is 0.397 e. The van der Waals surface area contributed by atoms with E-state index in [0.717, 1.165) is 46.5 Å². The summed E-state index contributed by atoms with van der Waals surface area (Å²) < 4.78 is 0. The van der Waals surface area contributed by atoms with Crippen molar-refractivity contribution in [2.24, 2.45) is 5.92 Å². The van der Waals surface area contributed by atoms with Gasteiger partial charge in [-0.05, 0) is 50.7 Å². The van der Waals surface area contributed by atoms with Crippen LogP contribution in [0.5, 0.6) is 0 Å². The van der Waals surface area contributed by atoms with Gasteiger partial charge >= 0.3 is 0 Å². The number of pyridine rings is 1. The summed E-state index contributed by atoms with van der Waals surface area (Å²) in [6, 6.07) is 0. The molecule has 2 aromatic rings. The third-order valence-electron chi connectivity index (χ3n) is 4.81. The van der Waals surface area contributed by atoms with Gasteiger partial charge < -0.3 is 10.6 Å². The Bertz CT molecular complexity index is 750. The molecule has 0 saturated carbocycles. The first-order valence-corrected chi connectivity index (χ1v) is 8.66. The fourth-order valence-corrected chi connectivity index (χ4v) is 4.41. The number of likely N-dealkylation sites (tertiary alicyclic amines) is 1. The smallest absolute Gasteiger partial charge is 0.266 e. The number of fused-ring (bicyclic) bond motifs is 1. The van der Waals surface area contributed by atoms with Crippen molar-refractivity contribution in [2.75, 3.05) is 18.8 Å². The maximum Gasteiger partial charge on any atom is 0.266 e. The summed E-state index contributed by atoms with van der Waals surface area (Å²) in [5, 5.41) is 0.960. The third kappa shape index (κ3) is 2.37. The highest BCUT2D eigenvalue weighted by Gasteiger charge is 2.27. The minimum absolute atomic E-state index is 0.0711. The van der Waals surface area contributed by atoms with E-state index in [-0.39, 0.29) is 5.91 Å². The molecule has 2 aromatic heterocycles. The van der Waals surface area contributed by atoms with Gasteiger partial charge in [0.15, 0.2) is 0 Å². The summed E-state index contributed by atoms with van der Waals surface area (Å²) in [7, 11) is 0. The summed E-state index contributed by atoms with van der Waals surface area (Å²) in [5.74, 6) is 0.638. The number of thiophene rings is 1. The van der Waals surface area contributed by atoms with E-state index < -0.39 is 0 Å². The lowest BCUT2D eigenvalue weighted by Crippen LogP contribution is -2.39. The third-order valence-corrected chi connectivity index (χ3v) is 5.90. The van der Waals surface area contributed by atoms with Gasteiger partial charge in [-0.15, -0.1) is 11.3 Å². The summed E-state index contributed by atoms with van der Waals surface area (Å²) in [5.41, 5.74) is 10.2. The number of carbonyl (C=O) groups excluding carboxylic acids is 1. The van der Waals surface area contributed by atoms with Gasteiger partial charge in [-0.1, -0.05) is 6.92 Å². The molecule has 1 fully saturated rings. The molecule has 0 bridgehead atoms. The van der Waals surface area contributed by atoms with Gasteiger partial charge in [0.1, 0.15) is 9.71 Å². The average molecular weight is 317 g/mol. The highest BCUT2D eigenvalue weighted by molar-refractivity contribution is 7.21. The van der Waals surface area contributed by atoms with Crippen molar-refractivity contribution in [1.29, 1.82) is 0 Å². The first kappa shape index (κ1) is 15.3. The second-order valence-electron chi connectivity index (χ2n) is 6.47. The number of nitrogens with zero attached hydrogens (tertiary/aromatic N) is 2. The Hall–Kier alpha value is -1.62. The minimum Gasteiger partial charge on any atom is -0.397 e. The number of nitrogen functional groups attached to an aromatic ring is 1. The Morgan fingerprint density at radius 1 is 1.32 bits per heavy atom. The molecule has 22 heavy (non-hydrogen) atoms. The molecule has 3 heterocycles. The number of rotatable bonds is 1. The maximum absolute atomic E-state index is 12.8. The topological polar surface area (TPSA) is 59.2 Å². The molecule has 2 N–H and O–H groups in total. The highest BCUT2D eigenvalue weighted by Crippen LogP contribution is 2.37. The van der Waals surface area contributed by atoms with Crippen LogP contribution in [-0.2, 0) is 0 Å². The number of carbonyl (C=O) groups is 1. The Balaban J connectivity index is 2.06. The second kappa shape index (κ2) is 5.54. The van der Waals surface area contributed by atoms with Crippen LogP contribution in [0.1, 0.15) is 46.3 Å². The van der Waals surface area contributed by atoms with E-state index in [0.29, 0.717) is 16.5 Å². The van der Waals surface area contributed by atoms with Gasteiger partial charge in [0.25, 0.3) is 5.91 Å². The molecule has 1 aliphatic rings. The number of aromatic nitrogens is 1. The van der Waals surface area contributed by atoms with E-state index in [2.05, 4.69) is 25.8 Å². The molecular weight excluding hydrogens is 294 g/mol. The molecule has 1 aliphatic heterocycles. The van der Waals surface area contributed by atoms with Crippen molar-refractivity contribution < 1.29 is 4.79 Å². The predicted molar refractivity (Wildman–Crippen MR) is 92.5 cm³/mol. The average Bonchev–Trinajstić information content (AvgIpc) is 2.81. The molecule has 3 rings (SSSR count). The van der Waals surface area contributed by atoms with Gasteiger partial charge in [0, 0.05) is 24.2 Å². The molecule has 4 nitrogen and oxygen atoms in total. The van der Waals surface area contributed by atoms with Crippen molar-refractivity contribution in [2.45, 2.75) is 40.5 Å². The summed E-state index contributed by atoms with van der Waals surface area (Å²) in [4.78, 5) is 21.0. The Kier molecular flexibility index (Phi) is 3.85. The fourth-order valence-electron chi connectivity index (χ4n) is 3.24. The first-order valence-electron chi connectivity index (χ1n) is 7.85. The quantitative estimate of drug-likeness (QED) is 0.873. The number of aryl methyl sites for hydroxylation is 2. The Morgan fingerprint density at radius 3 is 2.73 bits per heavy atom. The van der Waals surface area contributed by atoms with Gasteiger partial charge in [0.2, 0.25) is 0 Å². The van der Waals surface area contributed by atoms with Crippen molar-refractivity contribution in [3.8, 4) is 0 Å². The van der Waals surface area contributed by atoms with E-state index in [4.69, 9.17) is 5.73 Å². The minimum atomic E-state index is 0.0711. The lowest BCUT2D eigenvalue weighted by atomic mass is 10.00. The zero-order valence-electron chi connectivity index (χ0n) is 13.7. The standard InChI is InChI=1S/C17H23N3OS/c1-9-6-5-7-20(8-9)17(21)15-14(18)13-11(3)10(2)12(4)19-16(13)22-15/h9H,5-8,18H2,1-4H3. The number of piperidine rings is 1. The van der Waals surface area contributed by atoms with Crippen LogP contribution < -0.4 is 5.73 Å². The lowest BCUT2D eigenvalue weighted by Gasteiger charge is -2.30. The Morgan fingerprint density at radius 2 is 2.05 bits per heavy atom. The molecule has 1 saturated heterocycles. The fraction of sp³-hybridized carbons (Fsp3) is 0.529. The van der Waals surface area contributed by atoms with Crippen molar-refractivity contribution >= 4 is 33.1 Å². The number of hydrogen-bond acceptors (Lipinski definition) is 4. The molecule has 1 amide bonds.